The molecule has 0 aromatic heterocycles. The van der Waals surface area contributed by atoms with Crippen LogP contribution in [0.3, 0.4) is 0 Å². The van der Waals surface area contributed by atoms with Crippen LogP contribution in [0.5, 0.6) is 0 Å². The number of hydrogen-bond donors (Lipinski definition) is 2. The summed E-state index contributed by atoms with van der Waals surface area (Å²) in [5.74, 6) is 0. The van der Waals surface area contributed by atoms with Crippen molar-refractivity contribution in [2.75, 3.05) is 18.5 Å². The maximum absolute atomic E-state index is 9.85. The number of anilines is 1. The summed E-state index contributed by atoms with van der Waals surface area (Å²) < 4.78 is 5.69. The van der Waals surface area contributed by atoms with Crippen molar-refractivity contribution in [2.24, 2.45) is 0 Å². The maximum atomic E-state index is 9.85. The summed E-state index contributed by atoms with van der Waals surface area (Å²) in [4.78, 5) is 0. The van der Waals surface area contributed by atoms with Crippen LogP contribution in [0.25, 0.3) is 0 Å². The van der Waals surface area contributed by atoms with Gasteiger partial charge < -0.3 is 15.2 Å². The Balaban J connectivity index is 1.66. The van der Waals surface area contributed by atoms with Crippen LogP contribution in [0.4, 0.5) is 5.69 Å². The number of rotatable bonds is 6. The smallest absolute Gasteiger partial charge is 0.0945 e. The molecule has 1 saturated carbocycles. The van der Waals surface area contributed by atoms with Gasteiger partial charge in [0.2, 0.25) is 0 Å². The zero-order valence-electron chi connectivity index (χ0n) is 11.1. The standard InChI is InChI=1S/C15H23NO2/c1-12-5-4-6-13(9-12)16-10-14(17)11-18-15-7-2-3-8-15/h4-6,9,14-17H,2-3,7-8,10-11H2,1H3. The molecule has 1 aliphatic rings. The molecule has 18 heavy (non-hydrogen) atoms. The Bertz CT molecular complexity index is 361. The molecule has 0 heterocycles. The highest BCUT2D eigenvalue weighted by Crippen LogP contribution is 2.20. The summed E-state index contributed by atoms with van der Waals surface area (Å²) in [5, 5.41) is 13.1. The van der Waals surface area contributed by atoms with E-state index < -0.39 is 6.10 Å². The van der Waals surface area contributed by atoms with Crippen molar-refractivity contribution >= 4 is 5.69 Å². The topological polar surface area (TPSA) is 41.5 Å². The molecule has 0 spiro atoms. The molecule has 1 atom stereocenters. The van der Waals surface area contributed by atoms with Crippen molar-refractivity contribution in [3.63, 3.8) is 0 Å². The highest BCUT2D eigenvalue weighted by Gasteiger charge is 2.16. The van der Waals surface area contributed by atoms with Gasteiger partial charge in [-0.2, -0.15) is 0 Å². The van der Waals surface area contributed by atoms with E-state index in [1.54, 1.807) is 0 Å². The van der Waals surface area contributed by atoms with Gasteiger partial charge in [0.1, 0.15) is 0 Å². The van der Waals surface area contributed by atoms with E-state index in [9.17, 15) is 5.11 Å². The fraction of sp³-hybridized carbons (Fsp3) is 0.600. The van der Waals surface area contributed by atoms with Crippen LogP contribution in [0.15, 0.2) is 24.3 Å². The van der Waals surface area contributed by atoms with Gasteiger partial charge in [-0.05, 0) is 37.5 Å². The average molecular weight is 249 g/mol. The quantitative estimate of drug-likeness (QED) is 0.814. The van der Waals surface area contributed by atoms with E-state index in [0.29, 0.717) is 19.3 Å². The second-order valence-corrected chi connectivity index (χ2v) is 5.14. The van der Waals surface area contributed by atoms with Gasteiger partial charge >= 0.3 is 0 Å². The summed E-state index contributed by atoms with van der Waals surface area (Å²) in [6.45, 7) is 3.03. The first-order valence-corrected chi connectivity index (χ1v) is 6.84. The number of ether oxygens (including phenoxy) is 1. The minimum atomic E-state index is -0.439. The molecule has 0 saturated heterocycles. The Morgan fingerprint density at radius 2 is 2.17 bits per heavy atom. The maximum Gasteiger partial charge on any atom is 0.0945 e. The van der Waals surface area contributed by atoms with E-state index in [1.807, 2.05) is 12.1 Å². The predicted octanol–water partition coefficient (Wildman–Crippen LogP) is 2.73. The zero-order valence-corrected chi connectivity index (χ0v) is 11.1. The van der Waals surface area contributed by atoms with E-state index in [2.05, 4.69) is 24.4 Å². The molecule has 0 aliphatic heterocycles. The van der Waals surface area contributed by atoms with E-state index in [1.165, 1.54) is 18.4 Å². The third-order valence-corrected chi connectivity index (χ3v) is 3.39. The summed E-state index contributed by atoms with van der Waals surface area (Å²) in [6, 6.07) is 8.16. The Labute approximate surface area is 109 Å². The molecule has 0 bridgehead atoms. The first kappa shape index (κ1) is 13.4. The van der Waals surface area contributed by atoms with E-state index in [4.69, 9.17) is 4.74 Å². The third kappa shape index (κ3) is 4.31. The second kappa shape index (κ2) is 6.76. The monoisotopic (exact) mass is 249 g/mol. The number of aryl methyl sites for hydroxylation is 1. The fourth-order valence-electron chi connectivity index (χ4n) is 2.35. The van der Waals surface area contributed by atoms with Crippen molar-refractivity contribution in [3.8, 4) is 0 Å². The molecule has 2 N–H and O–H groups in total. The van der Waals surface area contributed by atoms with Crippen molar-refractivity contribution in [2.45, 2.75) is 44.8 Å². The van der Waals surface area contributed by atoms with Gasteiger partial charge in [-0.3, -0.25) is 0 Å². The predicted molar refractivity (Wildman–Crippen MR) is 73.9 cm³/mol. The van der Waals surface area contributed by atoms with Gasteiger partial charge in [-0.15, -0.1) is 0 Å². The molecule has 1 fully saturated rings. The first-order chi connectivity index (χ1) is 8.74. The van der Waals surface area contributed by atoms with Crippen LogP contribution in [0, 0.1) is 6.92 Å². The molecule has 1 unspecified atom stereocenters. The molecule has 0 radical (unpaired) electrons. The normalized spacial score (nSPS) is 17.9. The van der Waals surface area contributed by atoms with Gasteiger partial charge in [0.15, 0.2) is 0 Å². The summed E-state index contributed by atoms with van der Waals surface area (Å²) in [6.07, 6.45) is 4.77. The second-order valence-electron chi connectivity index (χ2n) is 5.14. The van der Waals surface area contributed by atoms with Gasteiger partial charge in [-0.25, -0.2) is 0 Å². The van der Waals surface area contributed by atoms with Crippen molar-refractivity contribution < 1.29 is 9.84 Å². The molecular weight excluding hydrogens is 226 g/mol. The van der Waals surface area contributed by atoms with Crippen molar-refractivity contribution in [1.29, 1.82) is 0 Å². The lowest BCUT2D eigenvalue weighted by Crippen LogP contribution is -2.27. The van der Waals surface area contributed by atoms with Crippen LogP contribution in [0.2, 0.25) is 0 Å². The van der Waals surface area contributed by atoms with Crippen LogP contribution < -0.4 is 5.32 Å². The Hall–Kier alpha value is -1.06. The van der Waals surface area contributed by atoms with Crippen LogP contribution in [0.1, 0.15) is 31.2 Å². The van der Waals surface area contributed by atoms with Gasteiger partial charge in [0.05, 0.1) is 18.8 Å². The molecule has 0 amide bonds. The van der Waals surface area contributed by atoms with E-state index in [-0.39, 0.29) is 0 Å². The van der Waals surface area contributed by atoms with E-state index >= 15 is 0 Å². The summed E-state index contributed by atoms with van der Waals surface area (Å²) >= 11 is 0. The van der Waals surface area contributed by atoms with Gasteiger partial charge in [0.25, 0.3) is 0 Å². The summed E-state index contributed by atoms with van der Waals surface area (Å²) in [7, 11) is 0. The van der Waals surface area contributed by atoms with Crippen LogP contribution in [-0.4, -0.2) is 30.5 Å². The molecule has 3 heteroatoms. The van der Waals surface area contributed by atoms with Crippen LogP contribution >= 0.6 is 0 Å². The SMILES string of the molecule is Cc1cccc(NCC(O)COC2CCCC2)c1. The lowest BCUT2D eigenvalue weighted by atomic mass is 10.2. The molecular formula is C15H23NO2. The van der Waals surface area contributed by atoms with Gasteiger partial charge in [-0.1, -0.05) is 25.0 Å². The molecule has 1 aliphatic carbocycles. The fourth-order valence-corrected chi connectivity index (χ4v) is 2.35. The highest BCUT2D eigenvalue weighted by molar-refractivity contribution is 5.45. The number of benzene rings is 1. The highest BCUT2D eigenvalue weighted by atomic mass is 16.5. The summed E-state index contributed by atoms with van der Waals surface area (Å²) in [5.41, 5.74) is 2.27. The van der Waals surface area contributed by atoms with Crippen LogP contribution in [-0.2, 0) is 4.74 Å². The zero-order chi connectivity index (χ0) is 12.8. The molecule has 1 aromatic carbocycles. The molecule has 100 valence electrons. The molecule has 3 nitrogen and oxygen atoms in total. The average Bonchev–Trinajstić information content (AvgIpc) is 2.87. The Morgan fingerprint density at radius 1 is 1.39 bits per heavy atom. The first-order valence-electron chi connectivity index (χ1n) is 6.84. The number of nitrogens with one attached hydrogen (secondary N) is 1. The van der Waals surface area contributed by atoms with Gasteiger partial charge in [0, 0.05) is 12.2 Å². The minimum absolute atomic E-state index is 0.374. The minimum Gasteiger partial charge on any atom is -0.389 e. The molecule has 1 aromatic rings. The Kier molecular flexibility index (Phi) is 5.02. The number of aliphatic hydroxyl groups is 1. The Morgan fingerprint density at radius 3 is 2.89 bits per heavy atom. The lowest BCUT2D eigenvalue weighted by molar-refractivity contribution is -0.00117. The lowest BCUT2D eigenvalue weighted by Gasteiger charge is -2.16. The third-order valence-electron chi connectivity index (χ3n) is 3.39. The molecule has 2 rings (SSSR count). The number of hydrogen-bond acceptors (Lipinski definition) is 3. The largest absolute Gasteiger partial charge is 0.389 e. The van der Waals surface area contributed by atoms with E-state index in [0.717, 1.165) is 18.5 Å². The van der Waals surface area contributed by atoms with Crippen molar-refractivity contribution in [3.05, 3.63) is 29.8 Å². The van der Waals surface area contributed by atoms with Crippen molar-refractivity contribution in [1.82, 2.24) is 0 Å². The number of aliphatic hydroxyl groups excluding tert-OH is 1.